The van der Waals surface area contributed by atoms with Gasteiger partial charge in [0.05, 0.1) is 4.91 Å². The van der Waals surface area contributed by atoms with E-state index >= 15 is 0 Å². The second-order valence-electron chi connectivity index (χ2n) is 4.84. The van der Waals surface area contributed by atoms with Gasteiger partial charge in [-0.15, -0.1) is 0 Å². The van der Waals surface area contributed by atoms with Gasteiger partial charge in [0.2, 0.25) is 0 Å². The third kappa shape index (κ3) is 3.28. The molecule has 0 saturated carbocycles. The average Bonchev–Trinajstić information content (AvgIpc) is 2.77. The van der Waals surface area contributed by atoms with Crippen LogP contribution in [0.5, 0.6) is 5.75 Å². The molecule has 1 heterocycles. The van der Waals surface area contributed by atoms with Crippen LogP contribution < -0.4 is 4.90 Å². The molecular weight excluding hydrogens is 316 g/mol. The van der Waals surface area contributed by atoms with E-state index in [4.69, 9.17) is 12.2 Å². The van der Waals surface area contributed by atoms with Crippen LogP contribution >= 0.6 is 24.0 Å². The lowest BCUT2D eigenvalue weighted by molar-refractivity contribution is -0.121. The highest BCUT2D eigenvalue weighted by Crippen LogP contribution is 2.34. The smallest absolute Gasteiger partial charge is 0.266 e. The largest absolute Gasteiger partial charge is 0.507 e. The van der Waals surface area contributed by atoms with Crippen molar-refractivity contribution in [1.29, 1.82) is 0 Å². The van der Waals surface area contributed by atoms with Crippen molar-refractivity contribution < 1.29 is 9.90 Å². The van der Waals surface area contributed by atoms with Crippen LogP contribution in [0.15, 0.2) is 23.1 Å². The van der Waals surface area contributed by atoms with Crippen molar-refractivity contribution in [3.8, 4) is 5.75 Å². The molecule has 1 saturated heterocycles. The van der Waals surface area contributed by atoms with Gasteiger partial charge in [0.15, 0.2) is 0 Å². The first-order valence-corrected chi connectivity index (χ1v) is 8.57. The topological polar surface area (TPSA) is 43.8 Å². The minimum absolute atomic E-state index is 0.0929. The number of anilines is 1. The van der Waals surface area contributed by atoms with E-state index in [1.807, 2.05) is 19.1 Å². The van der Waals surface area contributed by atoms with Crippen LogP contribution in [-0.2, 0) is 4.79 Å². The second-order valence-corrected chi connectivity index (χ2v) is 6.52. The van der Waals surface area contributed by atoms with Gasteiger partial charge in [-0.1, -0.05) is 24.0 Å². The molecule has 1 aliphatic heterocycles. The summed E-state index contributed by atoms with van der Waals surface area (Å²) in [5, 5.41) is 10.2. The maximum Gasteiger partial charge on any atom is 0.266 e. The minimum atomic E-state index is -0.0929. The number of aromatic hydroxyl groups is 1. The summed E-state index contributed by atoms with van der Waals surface area (Å²) in [4.78, 5) is 16.5. The van der Waals surface area contributed by atoms with Crippen molar-refractivity contribution in [3.05, 3.63) is 28.7 Å². The molecule has 0 bridgehead atoms. The fourth-order valence-electron chi connectivity index (χ4n) is 2.35. The number of phenolic OH excluding ortho intramolecular Hbond substituents is 1. The molecule has 1 aromatic rings. The zero-order valence-corrected chi connectivity index (χ0v) is 14.6. The Kier molecular flexibility index (Phi) is 5.47. The average molecular weight is 336 g/mol. The van der Waals surface area contributed by atoms with E-state index in [-0.39, 0.29) is 11.7 Å². The highest BCUT2D eigenvalue weighted by Gasteiger charge is 2.30. The van der Waals surface area contributed by atoms with Gasteiger partial charge < -0.3 is 10.0 Å². The third-order valence-corrected chi connectivity index (χ3v) is 5.00. The number of carbonyl (C=O) groups excluding carboxylic acids is 1. The highest BCUT2D eigenvalue weighted by molar-refractivity contribution is 8.26. The van der Waals surface area contributed by atoms with Crippen molar-refractivity contribution >= 4 is 46.0 Å². The van der Waals surface area contributed by atoms with Crippen molar-refractivity contribution in [2.45, 2.75) is 20.8 Å². The summed E-state index contributed by atoms with van der Waals surface area (Å²) < 4.78 is 0.568. The normalized spacial score (nSPS) is 16.7. The molecule has 2 rings (SSSR count). The Hall–Kier alpha value is -1.53. The van der Waals surface area contributed by atoms with E-state index in [0.717, 1.165) is 18.8 Å². The molecule has 22 heavy (non-hydrogen) atoms. The Bertz CT molecular complexity index is 625. The molecule has 1 aromatic carbocycles. The predicted molar refractivity (Wildman–Crippen MR) is 97.2 cm³/mol. The summed E-state index contributed by atoms with van der Waals surface area (Å²) >= 11 is 6.46. The Morgan fingerprint density at radius 1 is 1.32 bits per heavy atom. The van der Waals surface area contributed by atoms with E-state index in [9.17, 15) is 9.90 Å². The number of hydrogen-bond donors (Lipinski definition) is 1. The standard InChI is InChI=1S/C16H20N2O2S2/c1-4-17(5-2)12-8-7-11(13(19)10-12)9-14-15(20)18(6-3)16(21)22-14/h7-10,19H,4-6H2,1-3H3. The Balaban J connectivity index is 2.29. The van der Waals surface area contributed by atoms with Crippen LogP contribution in [-0.4, -0.2) is 39.9 Å². The van der Waals surface area contributed by atoms with E-state index in [1.54, 1.807) is 17.0 Å². The zero-order valence-electron chi connectivity index (χ0n) is 13.0. The molecule has 0 unspecified atom stereocenters. The molecular formula is C16H20N2O2S2. The molecule has 0 spiro atoms. The number of phenols is 1. The Morgan fingerprint density at radius 2 is 2.00 bits per heavy atom. The van der Waals surface area contributed by atoms with Gasteiger partial charge in [-0.2, -0.15) is 0 Å². The van der Waals surface area contributed by atoms with Gasteiger partial charge in [0.25, 0.3) is 5.91 Å². The molecule has 4 nitrogen and oxygen atoms in total. The molecule has 0 aromatic heterocycles. The second kappa shape index (κ2) is 7.15. The number of nitrogens with zero attached hydrogens (tertiary/aromatic N) is 2. The van der Waals surface area contributed by atoms with Crippen molar-refractivity contribution in [1.82, 2.24) is 4.90 Å². The van der Waals surface area contributed by atoms with E-state index in [0.29, 0.717) is 21.3 Å². The van der Waals surface area contributed by atoms with Crippen LogP contribution in [0.4, 0.5) is 5.69 Å². The van der Waals surface area contributed by atoms with Crippen molar-refractivity contribution in [2.75, 3.05) is 24.5 Å². The van der Waals surface area contributed by atoms with Crippen LogP contribution in [0.1, 0.15) is 26.3 Å². The SMILES string of the molecule is CCN1C(=O)C(=Cc2ccc(N(CC)CC)cc2O)SC1=S. The van der Waals surface area contributed by atoms with Crippen LogP contribution in [0.2, 0.25) is 0 Å². The van der Waals surface area contributed by atoms with Gasteiger partial charge >= 0.3 is 0 Å². The highest BCUT2D eigenvalue weighted by atomic mass is 32.2. The number of thiocarbonyl (C=S) groups is 1. The quantitative estimate of drug-likeness (QED) is 0.659. The number of likely N-dealkylation sites (N-methyl/N-ethyl adjacent to an activating group) is 1. The fourth-order valence-corrected chi connectivity index (χ4v) is 3.73. The first kappa shape index (κ1) is 16.8. The van der Waals surface area contributed by atoms with Gasteiger partial charge in [-0.3, -0.25) is 9.69 Å². The number of hydrogen-bond acceptors (Lipinski definition) is 5. The summed E-state index contributed by atoms with van der Waals surface area (Å²) in [6.07, 6.45) is 1.70. The minimum Gasteiger partial charge on any atom is -0.507 e. The van der Waals surface area contributed by atoms with Gasteiger partial charge in [-0.05, 0) is 39.0 Å². The zero-order chi connectivity index (χ0) is 16.3. The molecule has 1 N–H and O–H groups in total. The van der Waals surface area contributed by atoms with E-state index < -0.39 is 0 Å². The fraction of sp³-hybridized carbons (Fsp3) is 0.375. The predicted octanol–water partition coefficient (Wildman–Crippen LogP) is 3.46. The van der Waals surface area contributed by atoms with Crippen molar-refractivity contribution in [3.63, 3.8) is 0 Å². The summed E-state index contributed by atoms with van der Waals surface area (Å²) in [6, 6.07) is 5.53. The number of thioether (sulfide) groups is 1. The lowest BCUT2D eigenvalue weighted by atomic mass is 10.1. The molecule has 0 radical (unpaired) electrons. The van der Waals surface area contributed by atoms with Crippen LogP contribution in [0.25, 0.3) is 6.08 Å². The van der Waals surface area contributed by atoms with Gasteiger partial charge in [0.1, 0.15) is 10.1 Å². The van der Waals surface area contributed by atoms with Gasteiger partial charge in [0, 0.05) is 37.0 Å². The summed E-state index contributed by atoms with van der Waals surface area (Å²) in [5.41, 5.74) is 1.60. The summed E-state index contributed by atoms with van der Waals surface area (Å²) in [7, 11) is 0. The number of benzene rings is 1. The molecule has 0 aliphatic carbocycles. The molecule has 0 atom stereocenters. The molecule has 1 fully saturated rings. The van der Waals surface area contributed by atoms with E-state index in [1.165, 1.54) is 11.8 Å². The molecule has 1 aliphatic rings. The van der Waals surface area contributed by atoms with Crippen molar-refractivity contribution in [2.24, 2.45) is 0 Å². The van der Waals surface area contributed by atoms with Crippen LogP contribution in [0, 0.1) is 0 Å². The number of carbonyl (C=O) groups is 1. The third-order valence-electron chi connectivity index (χ3n) is 3.62. The molecule has 1 amide bonds. The Labute approximate surface area is 140 Å². The van der Waals surface area contributed by atoms with Crippen LogP contribution in [0.3, 0.4) is 0 Å². The number of amides is 1. The first-order valence-electron chi connectivity index (χ1n) is 7.35. The maximum atomic E-state index is 12.2. The Morgan fingerprint density at radius 3 is 2.50 bits per heavy atom. The maximum absolute atomic E-state index is 12.2. The van der Waals surface area contributed by atoms with Gasteiger partial charge in [-0.25, -0.2) is 0 Å². The summed E-state index contributed by atoms with van der Waals surface area (Å²) in [6.45, 7) is 8.36. The monoisotopic (exact) mass is 336 g/mol. The first-order chi connectivity index (χ1) is 10.5. The summed E-state index contributed by atoms with van der Waals surface area (Å²) in [5.74, 6) is 0.0795. The number of rotatable bonds is 5. The molecule has 6 heteroatoms. The lowest BCUT2D eigenvalue weighted by Crippen LogP contribution is -2.27. The molecule has 118 valence electrons. The van der Waals surface area contributed by atoms with E-state index in [2.05, 4.69) is 18.7 Å². The lowest BCUT2D eigenvalue weighted by Gasteiger charge is -2.21.